The van der Waals surface area contributed by atoms with E-state index in [0.717, 1.165) is 4.90 Å². The SMILES string of the molecule is CC(=O)OCC1=C(C(=O)O)N2C(=O)C(NC(=O)Cn3cccc3)C2SC1.[H-].[Na+]. The van der Waals surface area contributed by atoms with Crippen molar-refractivity contribution in [2.75, 3.05) is 12.4 Å². The molecule has 27 heavy (non-hydrogen) atoms. The normalized spacial score (nSPS) is 20.9. The Labute approximate surface area is 182 Å². The molecule has 1 fully saturated rings. The molecule has 0 aliphatic carbocycles. The number of nitrogens with one attached hydrogen (secondary N) is 1. The number of rotatable bonds is 6. The third-order valence-corrected chi connectivity index (χ3v) is 5.35. The van der Waals surface area contributed by atoms with Crippen molar-refractivity contribution in [2.24, 2.45) is 0 Å². The monoisotopic (exact) mass is 403 g/mol. The van der Waals surface area contributed by atoms with Crippen LogP contribution >= 0.6 is 11.8 Å². The Morgan fingerprint density at radius 3 is 2.63 bits per heavy atom. The van der Waals surface area contributed by atoms with E-state index in [1.807, 2.05) is 0 Å². The van der Waals surface area contributed by atoms with Crippen LogP contribution in [0.5, 0.6) is 0 Å². The van der Waals surface area contributed by atoms with Crippen LogP contribution in [0.4, 0.5) is 0 Å². The topological polar surface area (TPSA) is 118 Å². The first-order valence-corrected chi connectivity index (χ1v) is 8.87. The number of amides is 2. The number of fused-ring (bicyclic) bond motifs is 1. The number of carbonyl (C=O) groups is 4. The van der Waals surface area contributed by atoms with E-state index in [9.17, 15) is 24.3 Å². The number of carboxylic acids is 1. The molecule has 2 N–H and O–H groups in total. The largest absolute Gasteiger partial charge is 1.00 e. The second-order valence-electron chi connectivity index (χ2n) is 5.85. The van der Waals surface area contributed by atoms with Gasteiger partial charge in [-0.1, -0.05) is 0 Å². The van der Waals surface area contributed by atoms with Crippen molar-refractivity contribution in [2.45, 2.75) is 24.9 Å². The summed E-state index contributed by atoms with van der Waals surface area (Å²) < 4.78 is 6.54. The zero-order valence-electron chi connectivity index (χ0n) is 15.9. The molecular weight excluding hydrogens is 385 g/mol. The minimum Gasteiger partial charge on any atom is -1.00 e. The fourth-order valence-electron chi connectivity index (χ4n) is 2.84. The van der Waals surface area contributed by atoms with Gasteiger partial charge in [0.15, 0.2) is 0 Å². The quantitative estimate of drug-likeness (QED) is 0.294. The van der Waals surface area contributed by atoms with E-state index < -0.39 is 29.3 Å². The molecule has 2 aliphatic heterocycles. The van der Waals surface area contributed by atoms with Crippen molar-refractivity contribution in [3.63, 3.8) is 0 Å². The summed E-state index contributed by atoms with van der Waals surface area (Å²) >= 11 is 1.33. The van der Waals surface area contributed by atoms with Gasteiger partial charge in [0.25, 0.3) is 5.91 Å². The summed E-state index contributed by atoms with van der Waals surface area (Å²) in [7, 11) is 0. The minimum atomic E-state index is -1.26. The zero-order chi connectivity index (χ0) is 18.8. The number of carboxylic acid groups (broad SMARTS) is 1. The summed E-state index contributed by atoms with van der Waals surface area (Å²) in [4.78, 5) is 48.2. The summed E-state index contributed by atoms with van der Waals surface area (Å²) in [5.74, 6) is -2.30. The van der Waals surface area contributed by atoms with Gasteiger partial charge in [0.05, 0.1) is 0 Å². The van der Waals surface area contributed by atoms with Crippen LogP contribution in [0.2, 0.25) is 0 Å². The predicted molar refractivity (Wildman–Crippen MR) is 91.9 cm³/mol. The first-order valence-electron chi connectivity index (χ1n) is 7.82. The standard InChI is InChI=1S/C16H17N3O6S.Na.H/c1-9(20)25-7-10-8-26-15-12(14(22)19(15)13(10)16(23)24)17-11(21)6-18-4-2-3-5-18;;/h2-5,12,15H,6-8H2,1H3,(H,17,21)(H,23,24);;/q;+1;-1. The smallest absolute Gasteiger partial charge is 1.00 e. The molecule has 11 heteroatoms. The second-order valence-corrected chi connectivity index (χ2v) is 6.95. The van der Waals surface area contributed by atoms with Crippen LogP contribution in [0.25, 0.3) is 0 Å². The maximum Gasteiger partial charge on any atom is 1.00 e. The van der Waals surface area contributed by atoms with E-state index in [2.05, 4.69) is 5.32 Å². The third-order valence-electron chi connectivity index (χ3n) is 4.01. The van der Waals surface area contributed by atoms with Crippen molar-refractivity contribution in [1.82, 2.24) is 14.8 Å². The molecule has 0 saturated carbocycles. The van der Waals surface area contributed by atoms with Gasteiger partial charge in [-0.2, -0.15) is 0 Å². The number of aromatic nitrogens is 1. The average molecular weight is 403 g/mol. The summed E-state index contributed by atoms with van der Waals surface area (Å²) in [6.45, 7) is 1.13. The maximum absolute atomic E-state index is 12.4. The molecule has 3 rings (SSSR count). The molecule has 0 spiro atoms. The summed E-state index contributed by atoms with van der Waals surface area (Å²) in [6.07, 6.45) is 3.47. The summed E-state index contributed by atoms with van der Waals surface area (Å²) in [5.41, 5.74) is 0.190. The number of aliphatic carboxylic acids is 1. The van der Waals surface area contributed by atoms with Gasteiger partial charge >= 0.3 is 41.5 Å². The number of ether oxygens (including phenoxy) is 1. The molecule has 0 aromatic carbocycles. The minimum absolute atomic E-state index is 0. The number of thioether (sulfide) groups is 1. The molecule has 2 atom stereocenters. The fourth-order valence-corrected chi connectivity index (χ4v) is 4.17. The Hall–Kier alpha value is -1.75. The van der Waals surface area contributed by atoms with Crippen molar-refractivity contribution in [3.05, 3.63) is 35.8 Å². The van der Waals surface area contributed by atoms with Crippen molar-refractivity contribution >= 4 is 35.5 Å². The van der Waals surface area contributed by atoms with Crippen LogP contribution in [0.1, 0.15) is 8.35 Å². The van der Waals surface area contributed by atoms with Gasteiger partial charge in [0.2, 0.25) is 5.91 Å². The van der Waals surface area contributed by atoms with Crippen molar-refractivity contribution in [1.29, 1.82) is 0 Å². The number of hydrogen-bond acceptors (Lipinski definition) is 6. The predicted octanol–water partition coefficient (Wildman–Crippen LogP) is -3.09. The average Bonchev–Trinajstić information content (AvgIpc) is 3.09. The van der Waals surface area contributed by atoms with E-state index in [1.165, 1.54) is 18.7 Å². The molecule has 2 aliphatic rings. The molecule has 0 bridgehead atoms. The van der Waals surface area contributed by atoms with Gasteiger partial charge in [-0.05, 0) is 12.1 Å². The second kappa shape index (κ2) is 8.96. The van der Waals surface area contributed by atoms with Gasteiger partial charge in [-0.25, -0.2) is 4.79 Å². The molecular formula is C16H18N3NaO6S. The van der Waals surface area contributed by atoms with Crippen molar-refractivity contribution in [3.8, 4) is 0 Å². The first kappa shape index (κ1) is 21.5. The molecule has 140 valence electrons. The number of hydrogen-bond donors (Lipinski definition) is 2. The zero-order valence-corrected chi connectivity index (χ0v) is 17.7. The molecule has 2 amide bonds. The Morgan fingerprint density at radius 2 is 2.04 bits per heavy atom. The molecule has 1 aromatic heterocycles. The van der Waals surface area contributed by atoms with Crippen LogP contribution in [-0.2, 0) is 30.5 Å². The number of nitrogens with zero attached hydrogens (tertiary/aromatic N) is 2. The first-order chi connectivity index (χ1) is 12.4. The van der Waals surface area contributed by atoms with E-state index >= 15 is 0 Å². The molecule has 0 radical (unpaired) electrons. The van der Waals surface area contributed by atoms with E-state index in [4.69, 9.17) is 4.74 Å². The van der Waals surface area contributed by atoms with Gasteiger partial charge < -0.3 is 21.2 Å². The summed E-state index contributed by atoms with van der Waals surface area (Å²) in [5, 5.41) is 11.6. The molecule has 9 nitrogen and oxygen atoms in total. The van der Waals surface area contributed by atoms with E-state index in [0.29, 0.717) is 11.3 Å². The third kappa shape index (κ3) is 4.57. The van der Waals surface area contributed by atoms with Crippen LogP contribution in [-0.4, -0.2) is 62.1 Å². The Kier molecular flexibility index (Phi) is 7.15. The van der Waals surface area contributed by atoms with E-state index in [1.54, 1.807) is 29.1 Å². The van der Waals surface area contributed by atoms with E-state index in [-0.39, 0.29) is 55.7 Å². The Bertz CT molecular complexity index is 800. The van der Waals surface area contributed by atoms with Gasteiger partial charge in [-0.3, -0.25) is 19.3 Å². The Balaban J connectivity index is 0.00000196. The maximum atomic E-state index is 12.4. The van der Waals surface area contributed by atoms with Crippen LogP contribution in [0.3, 0.4) is 0 Å². The number of esters is 1. The molecule has 1 aromatic rings. The van der Waals surface area contributed by atoms with Gasteiger partial charge in [-0.15, -0.1) is 11.8 Å². The summed E-state index contributed by atoms with van der Waals surface area (Å²) in [6, 6.07) is 2.80. The van der Waals surface area contributed by atoms with Crippen molar-refractivity contribution < 1.29 is 60.0 Å². The number of carbonyl (C=O) groups excluding carboxylic acids is 3. The van der Waals surface area contributed by atoms with Crippen LogP contribution < -0.4 is 34.9 Å². The fraction of sp³-hybridized carbons (Fsp3) is 0.375. The molecule has 3 heterocycles. The number of β-lactam (4-membered cyclic amide) rings is 1. The van der Waals surface area contributed by atoms with Crippen LogP contribution in [0.15, 0.2) is 35.8 Å². The molecule has 2 unspecified atom stereocenters. The van der Waals surface area contributed by atoms with Gasteiger partial charge in [0, 0.05) is 30.6 Å². The Morgan fingerprint density at radius 1 is 1.37 bits per heavy atom. The molecule has 1 saturated heterocycles. The van der Waals surface area contributed by atoms with Crippen LogP contribution in [0, 0.1) is 0 Å². The van der Waals surface area contributed by atoms with Gasteiger partial charge in [0.1, 0.15) is 30.3 Å².